The predicted molar refractivity (Wildman–Crippen MR) is 123 cm³/mol. The fourth-order valence-corrected chi connectivity index (χ4v) is 5.12. The van der Waals surface area contributed by atoms with Crippen molar-refractivity contribution in [2.24, 2.45) is 11.8 Å². The van der Waals surface area contributed by atoms with Crippen molar-refractivity contribution in [1.82, 2.24) is 0 Å². The molecule has 1 saturated heterocycles. The first kappa shape index (κ1) is 24.6. The third-order valence-electron chi connectivity index (χ3n) is 5.88. The van der Waals surface area contributed by atoms with Crippen molar-refractivity contribution < 1.29 is 13.9 Å². The van der Waals surface area contributed by atoms with Gasteiger partial charge in [-0.05, 0) is 51.2 Å². The van der Waals surface area contributed by atoms with Crippen LogP contribution in [0.5, 0.6) is 0 Å². The molecule has 0 aromatic carbocycles. The van der Waals surface area contributed by atoms with Crippen molar-refractivity contribution in [3.8, 4) is 0 Å². The number of rotatable bonds is 8. The second kappa shape index (κ2) is 9.38. The summed E-state index contributed by atoms with van der Waals surface area (Å²) >= 11 is 2.42. The molecule has 1 heterocycles. The van der Waals surface area contributed by atoms with Crippen LogP contribution in [0.2, 0.25) is 18.1 Å². The van der Waals surface area contributed by atoms with Gasteiger partial charge in [-0.25, -0.2) is 0 Å². The Morgan fingerprint density at radius 2 is 1.69 bits per heavy atom. The van der Waals surface area contributed by atoms with Gasteiger partial charge >= 0.3 is 0 Å². The average molecular weight is 497 g/mol. The van der Waals surface area contributed by atoms with E-state index in [-0.39, 0.29) is 23.4 Å². The van der Waals surface area contributed by atoms with E-state index in [1.54, 1.807) is 0 Å². The first-order chi connectivity index (χ1) is 11.7. The smallest absolute Gasteiger partial charge is 0.192 e. The molecule has 1 rings (SSSR count). The lowest BCUT2D eigenvalue weighted by molar-refractivity contribution is -0.148. The lowest BCUT2D eigenvalue weighted by Gasteiger charge is -2.39. The third-order valence-corrected chi connectivity index (χ3v) is 11.1. The van der Waals surface area contributed by atoms with Crippen LogP contribution in [0.25, 0.3) is 0 Å². The SMILES string of the molecule is CC(/C=C\[C@@H](C)[C@H](C)O[Si](C)(C)C(C)(C)C)[C@H]1OC(C)(C)O[C@H]1CCI. The number of hydrogen-bond acceptors (Lipinski definition) is 3. The molecule has 0 spiro atoms. The first-order valence-electron chi connectivity index (χ1n) is 9.98. The van der Waals surface area contributed by atoms with E-state index in [0.717, 1.165) is 10.8 Å². The topological polar surface area (TPSA) is 27.7 Å². The molecule has 5 heteroatoms. The number of ether oxygens (including phenoxy) is 2. The van der Waals surface area contributed by atoms with Crippen molar-refractivity contribution in [1.29, 1.82) is 0 Å². The molecule has 1 unspecified atom stereocenters. The molecule has 0 aliphatic carbocycles. The lowest BCUT2D eigenvalue weighted by atomic mass is 9.95. The molecular formula is C21H41IO3Si. The summed E-state index contributed by atoms with van der Waals surface area (Å²) in [7, 11) is -1.73. The van der Waals surface area contributed by atoms with Gasteiger partial charge in [0.2, 0.25) is 0 Å². The number of halogens is 1. The summed E-state index contributed by atoms with van der Waals surface area (Å²) in [5, 5.41) is 0.241. The second-order valence-corrected chi connectivity index (χ2v) is 15.6. The van der Waals surface area contributed by atoms with Gasteiger partial charge in [-0.2, -0.15) is 0 Å². The molecule has 0 N–H and O–H groups in total. The Morgan fingerprint density at radius 1 is 1.12 bits per heavy atom. The van der Waals surface area contributed by atoms with Crippen molar-refractivity contribution in [3.63, 3.8) is 0 Å². The molecule has 0 aromatic heterocycles. The fourth-order valence-electron chi connectivity index (χ4n) is 3.00. The summed E-state index contributed by atoms with van der Waals surface area (Å²) in [4.78, 5) is 0. The largest absolute Gasteiger partial charge is 0.414 e. The van der Waals surface area contributed by atoms with Crippen LogP contribution in [-0.4, -0.2) is 36.8 Å². The highest BCUT2D eigenvalue weighted by molar-refractivity contribution is 14.1. The highest BCUT2D eigenvalue weighted by atomic mass is 127. The van der Waals surface area contributed by atoms with Crippen LogP contribution < -0.4 is 0 Å². The quantitative estimate of drug-likeness (QED) is 0.165. The highest BCUT2D eigenvalue weighted by Crippen LogP contribution is 2.38. The molecule has 1 fully saturated rings. The lowest BCUT2D eigenvalue weighted by Crippen LogP contribution is -2.44. The maximum Gasteiger partial charge on any atom is 0.192 e. The van der Waals surface area contributed by atoms with Crippen LogP contribution >= 0.6 is 22.6 Å². The van der Waals surface area contributed by atoms with Gasteiger partial charge in [0, 0.05) is 16.4 Å². The minimum Gasteiger partial charge on any atom is -0.414 e. The van der Waals surface area contributed by atoms with E-state index >= 15 is 0 Å². The molecule has 0 radical (unpaired) electrons. The van der Waals surface area contributed by atoms with Gasteiger partial charge < -0.3 is 13.9 Å². The summed E-state index contributed by atoms with van der Waals surface area (Å²) in [5.41, 5.74) is 0. The van der Waals surface area contributed by atoms with Crippen LogP contribution in [0, 0.1) is 11.8 Å². The van der Waals surface area contributed by atoms with Gasteiger partial charge in [-0.15, -0.1) is 0 Å². The summed E-state index contributed by atoms with van der Waals surface area (Å²) in [6.45, 7) is 22.2. The van der Waals surface area contributed by atoms with E-state index in [1.165, 1.54) is 0 Å². The predicted octanol–water partition coefficient (Wildman–Crippen LogP) is 6.57. The maximum atomic E-state index is 6.55. The molecule has 0 aromatic rings. The van der Waals surface area contributed by atoms with E-state index < -0.39 is 14.1 Å². The molecule has 1 aliphatic rings. The van der Waals surface area contributed by atoms with Gasteiger partial charge in [-0.1, -0.05) is 69.4 Å². The molecule has 0 saturated carbocycles. The van der Waals surface area contributed by atoms with Gasteiger partial charge in [0.05, 0.1) is 12.2 Å². The first-order valence-corrected chi connectivity index (χ1v) is 14.4. The molecule has 0 bridgehead atoms. The molecule has 5 atom stereocenters. The summed E-state index contributed by atoms with van der Waals surface area (Å²) in [5.74, 6) is 0.227. The Morgan fingerprint density at radius 3 is 2.19 bits per heavy atom. The zero-order valence-corrected chi connectivity index (χ0v) is 21.7. The third kappa shape index (κ3) is 6.87. The van der Waals surface area contributed by atoms with Crippen molar-refractivity contribution in [2.45, 2.75) is 104 Å². The molecule has 154 valence electrons. The zero-order chi connectivity index (χ0) is 20.3. The van der Waals surface area contributed by atoms with E-state index in [0.29, 0.717) is 11.8 Å². The zero-order valence-electron chi connectivity index (χ0n) is 18.6. The Bertz CT molecular complexity index is 470. The Hall–Kier alpha value is 0.567. The number of hydrogen-bond donors (Lipinski definition) is 0. The Balaban J connectivity index is 2.70. The summed E-state index contributed by atoms with van der Waals surface area (Å²) in [6, 6.07) is 0. The van der Waals surface area contributed by atoms with E-state index in [9.17, 15) is 0 Å². The molecule has 3 nitrogen and oxygen atoms in total. The minimum absolute atomic E-state index is 0.125. The molecular weight excluding hydrogens is 455 g/mol. The fraction of sp³-hybridized carbons (Fsp3) is 0.905. The standard InChI is InChI=1S/C21H41IO3Si/c1-15(17(3)25-26(9,10)20(4,5)6)11-12-16(2)19-18(13-14-22)23-21(7,8)24-19/h11-12,15-19H,13-14H2,1-10H3/b12-11-/t15-,16?,17+,18+,19-/m1/s1. The second-order valence-electron chi connectivity index (χ2n) is 9.80. The van der Waals surface area contributed by atoms with Gasteiger partial charge in [0.15, 0.2) is 14.1 Å². The Labute approximate surface area is 176 Å². The van der Waals surface area contributed by atoms with Gasteiger partial charge in [0.1, 0.15) is 0 Å². The molecule has 1 aliphatic heterocycles. The van der Waals surface area contributed by atoms with Gasteiger partial charge in [0.25, 0.3) is 0 Å². The van der Waals surface area contributed by atoms with Crippen LogP contribution in [0.1, 0.15) is 61.8 Å². The maximum absolute atomic E-state index is 6.55. The van der Waals surface area contributed by atoms with Crippen LogP contribution in [0.4, 0.5) is 0 Å². The van der Waals surface area contributed by atoms with Crippen molar-refractivity contribution in [2.75, 3.05) is 4.43 Å². The Kier molecular flexibility index (Phi) is 8.87. The monoisotopic (exact) mass is 496 g/mol. The van der Waals surface area contributed by atoms with E-state index in [1.807, 2.05) is 13.8 Å². The van der Waals surface area contributed by atoms with Gasteiger partial charge in [-0.3, -0.25) is 0 Å². The summed E-state index contributed by atoms with van der Waals surface area (Å²) < 4.78 is 19.9. The van der Waals surface area contributed by atoms with Crippen molar-refractivity contribution >= 4 is 30.9 Å². The number of alkyl halides is 1. The van der Waals surface area contributed by atoms with Crippen LogP contribution in [0.3, 0.4) is 0 Å². The van der Waals surface area contributed by atoms with Crippen molar-refractivity contribution in [3.05, 3.63) is 12.2 Å². The summed E-state index contributed by atoms with van der Waals surface area (Å²) in [6.07, 6.45) is 6.16. The van der Waals surface area contributed by atoms with E-state index in [2.05, 4.69) is 89.4 Å². The van der Waals surface area contributed by atoms with Crippen LogP contribution in [-0.2, 0) is 13.9 Å². The van der Waals surface area contributed by atoms with E-state index in [4.69, 9.17) is 13.9 Å². The molecule has 0 amide bonds. The normalized spacial score (nSPS) is 27.7. The highest BCUT2D eigenvalue weighted by Gasteiger charge is 2.43. The average Bonchev–Trinajstić information content (AvgIpc) is 2.78. The van der Waals surface area contributed by atoms with Crippen LogP contribution in [0.15, 0.2) is 12.2 Å². The minimum atomic E-state index is -1.73. The molecule has 26 heavy (non-hydrogen) atoms.